The van der Waals surface area contributed by atoms with Crippen molar-refractivity contribution in [3.8, 4) is 0 Å². The van der Waals surface area contributed by atoms with E-state index >= 15 is 0 Å². The van der Waals surface area contributed by atoms with Crippen LogP contribution in [-0.2, 0) is 9.53 Å². The van der Waals surface area contributed by atoms with Gasteiger partial charge in [0.15, 0.2) is 0 Å². The normalized spacial score (nSPS) is 15.3. The minimum absolute atomic E-state index is 0.111. The standard InChI is InChI=1S/C15H19N3O5/c1-2-23-15(20)10-5-7-17(8-6-10)11-3-4-13(18(21)22)12(9-11)14(16)19/h3-4,9-10H,2,5-8H2,1H3,(H2,16,19). The summed E-state index contributed by atoms with van der Waals surface area (Å²) in [6.07, 6.45) is 1.28. The third kappa shape index (κ3) is 3.77. The zero-order valence-electron chi connectivity index (χ0n) is 12.9. The first-order valence-corrected chi connectivity index (χ1v) is 7.43. The van der Waals surface area contributed by atoms with Gasteiger partial charge in [0, 0.05) is 24.8 Å². The molecule has 0 radical (unpaired) electrons. The average molecular weight is 321 g/mol. The molecule has 124 valence electrons. The van der Waals surface area contributed by atoms with E-state index < -0.39 is 10.8 Å². The number of piperidine rings is 1. The minimum Gasteiger partial charge on any atom is -0.466 e. The summed E-state index contributed by atoms with van der Waals surface area (Å²) in [5, 5.41) is 10.9. The van der Waals surface area contributed by atoms with Gasteiger partial charge in [-0.3, -0.25) is 19.7 Å². The average Bonchev–Trinajstić information content (AvgIpc) is 2.54. The maximum atomic E-state index is 11.7. The Bertz CT molecular complexity index is 624. The highest BCUT2D eigenvalue weighted by atomic mass is 16.6. The number of carbonyl (C=O) groups is 2. The number of carbonyl (C=O) groups excluding carboxylic acids is 2. The molecule has 23 heavy (non-hydrogen) atoms. The summed E-state index contributed by atoms with van der Waals surface area (Å²) in [5.74, 6) is -1.14. The second kappa shape index (κ2) is 7.08. The maximum absolute atomic E-state index is 11.7. The van der Waals surface area contributed by atoms with Crippen molar-refractivity contribution >= 4 is 23.3 Å². The lowest BCUT2D eigenvalue weighted by Gasteiger charge is -2.32. The summed E-state index contributed by atoms with van der Waals surface area (Å²) < 4.78 is 5.02. The molecule has 1 heterocycles. The number of primary amides is 1. The van der Waals surface area contributed by atoms with Gasteiger partial charge in [0.2, 0.25) is 0 Å². The number of ether oxygens (including phenoxy) is 1. The molecule has 0 aliphatic carbocycles. The van der Waals surface area contributed by atoms with Gasteiger partial charge in [-0.2, -0.15) is 0 Å². The Kier molecular flexibility index (Phi) is 5.15. The van der Waals surface area contributed by atoms with Crippen molar-refractivity contribution in [1.82, 2.24) is 0 Å². The van der Waals surface area contributed by atoms with Gasteiger partial charge < -0.3 is 15.4 Å². The molecule has 0 saturated carbocycles. The number of hydrogen-bond acceptors (Lipinski definition) is 6. The molecule has 0 spiro atoms. The molecular weight excluding hydrogens is 302 g/mol. The van der Waals surface area contributed by atoms with Crippen LogP contribution >= 0.6 is 0 Å². The highest BCUT2D eigenvalue weighted by Gasteiger charge is 2.27. The third-order valence-electron chi connectivity index (χ3n) is 3.92. The number of benzene rings is 1. The Labute approximate surface area is 133 Å². The monoisotopic (exact) mass is 321 g/mol. The van der Waals surface area contributed by atoms with E-state index in [1.165, 1.54) is 12.1 Å². The van der Waals surface area contributed by atoms with Gasteiger partial charge in [-0.15, -0.1) is 0 Å². The zero-order chi connectivity index (χ0) is 17.0. The minimum atomic E-state index is -0.833. The summed E-state index contributed by atoms with van der Waals surface area (Å²) in [7, 11) is 0. The third-order valence-corrected chi connectivity index (χ3v) is 3.92. The van der Waals surface area contributed by atoms with Crippen LogP contribution in [0.2, 0.25) is 0 Å². The van der Waals surface area contributed by atoms with E-state index in [9.17, 15) is 19.7 Å². The van der Waals surface area contributed by atoms with Crippen molar-refractivity contribution in [1.29, 1.82) is 0 Å². The fraction of sp³-hybridized carbons (Fsp3) is 0.467. The van der Waals surface area contributed by atoms with Crippen LogP contribution in [0.25, 0.3) is 0 Å². The first-order chi connectivity index (χ1) is 10.9. The van der Waals surface area contributed by atoms with Crippen molar-refractivity contribution in [2.75, 3.05) is 24.6 Å². The molecule has 0 atom stereocenters. The number of rotatable bonds is 5. The van der Waals surface area contributed by atoms with Crippen LogP contribution in [0.5, 0.6) is 0 Å². The van der Waals surface area contributed by atoms with Crippen molar-refractivity contribution in [2.24, 2.45) is 11.7 Å². The number of hydrogen-bond donors (Lipinski definition) is 1. The second-order valence-corrected chi connectivity index (χ2v) is 5.34. The maximum Gasteiger partial charge on any atom is 0.309 e. The molecule has 1 amide bonds. The lowest BCUT2D eigenvalue weighted by atomic mass is 9.96. The summed E-state index contributed by atoms with van der Waals surface area (Å²) in [4.78, 5) is 35.4. The second-order valence-electron chi connectivity index (χ2n) is 5.34. The summed E-state index contributed by atoms with van der Waals surface area (Å²) in [5.41, 5.74) is 5.50. The van der Waals surface area contributed by atoms with Crippen molar-refractivity contribution < 1.29 is 19.2 Å². The molecule has 0 unspecified atom stereocenters. The molecule has 1 aliphatic rings. The van der Waals surface area contributed by atoms with Gasteiger partial charge in [-0.05, 0) is 31.9 Å². The Hall–Kier alpha value is -2.64. The molecule has 8 nitrogen and oxygen atoms in total. The number of amides is 1. The van der Waals surface area contributed by atoms with E-state index in [0.717, 1.165) is 0 Å². The van der Waals surface area contributed by atoms with Gasteiger partial charge in [0.1, 0.15) is 5.56 Å². The number of nitro benzene ring substituents is 1. The number of nitrogens with zero attached hydrogens (tertiary/aromatic N) is 2. The van der Waals surface area contributed by atoms with E-state index in [0.29, 0.717) is 38.2 Å². The van der Waals surface area contributed by atoms with Gasteiger partial charge in [0.05, 0.1) is 17.4 Å². The summed E-state index contributed by atoms with van der Waals surface area (Å²) in [6.45, 7) is 3.36. The van der Waals surface area contributed by atoms with E-state index in [1.54, 1.807) is 13.0 Å². The molecule has 1 aromatic rings. The predicted molar refractivity (Wildman–Crippen MR) is 83.2 cm³/mol. The van der Waals surface area contributed by atoms with Gasteiger partial charge in [0.25, 0.3) is 11.6 Å². The van der Waals surface area contributed by atoms with Crippen molar-refractivity contribution in [3.63, 3.8) is 0 Å². The number of esters is 1. The Morgan fingerprint density at radius 1 is 1.39 bits per heavy atom. The van der Waals surface area contributed by atoms with Crippen LogP contribution < -0.4 is 10.6 Å². The quantitative estimate of drug-likeness (QED) is 0.499. The molecule has 1 aromatic carbocycles. The fourth-order valence-corrected chi connectivity index (χ4v) is 2.71. The molecule has 2 N–H and O–H groups in total. The van der Waals surface area contributed by atoms with E-state index in [1.807, 2.05) is 4.90 Å². The van der Waals surface area contributed by atoms with Crippen molar-refractivity contribution in [2.45, 2.75) is 19.8 Å². The van der Waals surface area contributed by atoms with Crippen LogP contribution in [0.1, 0.15) is 30.1 Å². The van der Waals surface area contributed by atoms with Gasteiger partial charge in [-0.25, -0.2) is 0 Å². The van der Waals surface area contributed by atoms with Gasteiger partial charge >= 0.3 is 5.97 Å². The molecule has 2 rings (SSSR count). The Balaban J connectivity index is 2.12. The summed E-state index contributed by atoms with van der Waals surface area (Å²) >= 11 is 0. The molecule has 8 heteroatoms. The van der Waals surface area contributed by atoms with Crippen LogP contribution in [0.4, 0.5) is 11.4 Å². The van der Waals surface area contributed by atoms with Crippen LogP contribution in [0.3, 0.4) is 0 Å². The molecule has 1 fully saturated rings. The number of nitro groups is 1. The molecule has 1 aliphatic heterocycles. The highest BCUT2D eigenvalue weighted by Crippen LogP contribution is 2.28. The predicted octanol–water partition coefficient (Wildman–Crippen LogP) is 1.47. The first kappa shape index (κ1) is 16.7. The SMILES string of the molecule is CCOC(=O)C1CCN(c2ccc([N+](=O)[O-])c(C(N)=O)c2)CC1. The lowest BCUT2D eigenvalue weighted by Crippen LogP contribution is -2.37. The number of nitrogens with two attached hydrogens (primary N) is 1. The van der Waals surface area contributed by atoms with Crippen molar-refractivity contribution in [3.05, 3.63) is 33.9 Å². The lowest BCUT2D eigenvalue weighted by molar-refractivity contribution is -0.385. The van der Waals surface area contributed by atoms with Crippen LogP contribution in [0.15, 0.2) is 18.2 Å². The molecule has 1 saturated heterocycles. The van der Waals surface area contributed by atoms with E-state index in [-0.39, 0.29) is 23.1 Å². The topological polar surface area (TPSA) is 116 Å². The van der Waals surface area contributed by atoms with Crippen LogP contribution in [0, 0.1) is 16.0 Å². The zero-order valence-corrected chi connectivity index (χ0v) is 12.9. The van der Waals surface area contributed by atoms with E-state index in [2.05, 4.69) is 0 Å². The largest absolute Gasteiger partial charge is 0.466 e. The van der Waals surface area contributed by atoms with Crippen LogP contribution in [-0.4, -0.2) is 36.5 Å². The smallest absolute Gasteiger partial charge is 0.309 e. The molecular formula is C15H19N3O5. The Morgan fingerprint density at radius 2 is 2.04 bits per heavy atom. The Morgan fingerprint density at radius 3 is 2.57 bits per heavy atom. The van der Waals surface area contributed by atoms with E-state index in [4.69, 9.17) is 10.5 Å². The first-order valence-electron chi connectivity index (χ1n) is 7.43. The fourth-order valence-electron chi connectivity index (χ4n) is 2.71. The number of anilines is 1. The molecule has 0 bridgehead atoms. The summed E-state index contributed by atoms with van der Waals surface area (Å²) in [6, 6.07) is 4.31. The van der Waals surface area contributed by atoms with Gasteiger partial charge in [-0.1, -0.05) is 0 Å². The molecule has 0 aromatic heterocycles. The highest BCUT2D eigenvalue weighted by molar-refractivity contribution is 5.98.